The lowest BCUT2D eigenvalue weighted by atomic mass is 10.0. The molecule has 0 N–H and O–H groups in total. The van der Waals surface area contributed by atoms with Gasteiger partial charge in [-0.2, -0.15) is 0 Å². The molecule has 0 spiro atoms. The van der Waals surface area contributed by atoms with E-state index in [1.54, 1.807) is 0 Å². The van der Waals surface area contributed by atoms with E-state index in [1.807, 2.05) is 0 Å². The molecule has 2 nitrogen and oxygen atoms in total. The summed E-state index contributed by atoms with van der Waals surface area (Å²) in [5.41, 5.74) is 0. The smallest absolute Gasteiger partial charge is 0.151 e. The minimum atomic E-state index is 0.248. The summed E-state index contributed by atoms with van der Waals surface area (Å²) < 4.78 is 0. The van der Waals surface area contributed by atoms with Crippen molar-refractivity contribution in [2.45, 2.75) is 45.2 Å². The van der Waals surface area contributed by atoms with E-state index < -0.39 is 0 Å². The SMILES string of the molecule is CC(C)C1C(=O)CCN1C1CC1. The molecular weight excluding hydrogens is 150 g/mol. The fourth-order valence-electron chi connectivity index (χ4n) is 2.28. The van der Waals surface area contributed by atoms with Crippen molar-refractivity contribution in [3.8, 4) is 0 Å². The molecule has 0 radical (unpaired) electrons. The van der Waals surface area contributed by atoms with Gasteiger partial charge >= 0.3 is 0 Å². The zero-order valence-corrected chi connectivity index (χ0v) is 7.92. The highest BCUT2D eigenvalue weighted by Crippen LogP contribution is 2.34. The summed E-state index contributed by atoms with van der Waals surface area (Å²) in [7, 11) is 0. The van der Waals surface area contributed by atoms with E-state index in [0.717, 1.165) is 19.0 Å². The van der Waals surface area contributed by atoms with E-state index in [1.165, 1.54) is 12.8 Å². The molecule has 0 aromatic carbocycles. The summed E-state index contributed by atoms with van der Waals surface area (Å²) in [5.74, 6) is 0.970. The number of carbonyl (C=O) groups excluding carboxylic acids is 1. The second-order valence-corrected chi connectivity index (χ2v) is 4.37. The standard InChI is InChI=1S/C10H17NO/c1-7(2)10-9(12)5-6-11(10)8-3-4-8/h7-8,10H,3-6H2,1-2H3. The molecule has 2 rings (SSSR count). The Kier molecular flexibility index (Phi) is 1.95. The predicted octanol–water partition coefficient (Wildman–Crippen LogP) is 1.45. The molecule has 0 bridgehead atoms. The third-order valence-corrected chi connectivity index (χ3v) is 2.95. The van der Waals surface area contributed by atoms with Crippen LogP contribution in [-0.2, 0) is 4.79 Å². The van der Waals surface area contributed by atoms with Crippen molar-refractivity contribution in [2.75, 3.05) is 6.54 Å². The Morgan fingerprint density at radius 2 is 2.08 bits per heavy atom. The van der Waals surface area contributed by atoms with Crippen molar-refractivity contribution in [2.24, 2.45) is 5.92 Å². The first-order valence-corrected chi connectivity index (χ1v) is 4.98. The second-order valence-electron chi connectivity index (χ2n) is 4.37. The zero-order chi connectivity index (χ0) is 8.72. The number of ketones is 1. The van der Waals surface area contributed by atoms with Crippen molar-refractivity contribution in [1.29, 1.82) is 0 Å². The maximum Gasteiger partial charge on any atom is 0.151 e. The lowest BCUT2D eigenvalue weighted by Crippen LogP contribution is -2.38. The molecule has 0 aromatic rings. The van der Waals surface area contributed by atoms with E-state index in [-0.39, 0.29) is 6.04 Å². The minimum absolute atomic E-state index is 0.248. The lowest BCUT2D eigenvalue weighted by molar-refractivity contribution is -0.121. The molecule has 1 saturated carbocycles. The summed E-state index contributed by atoms with van der Waals surface area (Å²) >= 11 is 0. The van der Waals surface area contributed by atoms with Crippen LogP contribution in [0.5, 0.6) is 0 Å². The largest absolute Gasteiger partial charge is 0.298 e. The minimum Gasteiger partial charge on any atom is -0.298 e. The van der Waals surface area contributed by atoms with Crippen LogP contribution in [-0.4, -0.2) is 29.3 Å². The third-order valence-electron chi connectivity index (χ3n) is 2.95. The van der Waals surface area contributed by atoms with Gasteiger partial charge in [-0.15, -0.1) is 0 Å². The van der Waals surface area contributed by atoms with Gasteiger partial charge in [-0.3, -0.25) is 9.69 Å². The Bertz CT molecular complexity index is 196. The van der Waals surface area contributed by atoms with Crippen LogP contribution in [0.2, 0.25) is 0 Å². The van der Waals surface area contributed by atoms with Crippen LogP contribution in [0, 0.1) is 5.92 Å². The molecule has 1 saturated heterocycles. The van der Waals surface area contributed by atoms with Crippen LogP contribution in [0.3, 0.4) is 0 Å². The number of Topliss-reactive ketones (excluding diaryl/α,β-unsaturated/α-hetero) is 1. The number of carbonyl (C=O) groups is 1. The molecular formula is C10H17NO. The average molecular weight is 167 g/mol. The van der Waals surface area contributed by atoms with Gasteiger partial charge in [0.25, 0.3) is 0 Å². The maximum absolute atomic E-state index is 11.5. The fraction of sp³-hybridized carbons (Fsp3) is 0.900. The topological polar surface area (TPSA) is 20.3 Å². The number of rotatable bonds is 2. The Morgan fingerprint density at radius 1 is 1.42 bits per heavy atom. The highest BCUT2D eigenvalue weighted by molar-refractivity contribution is 5.86. The molecule has 1 aliphatic heterocycles. The Labute approximate surface area is 73.9 Å². The molecule has 12 heavy (non-hydrogen) atoms. The van der Waals surface area contributed by atoms with E-state index in [2.05, 4.69) is 18.7 Å². The zero-order valence-electron chi connectivity index (χ0n) is 7.92. The number of hydrogen-bond acceptors (Lipinski definition) is 2. The highest BCUT2D eigenvalue weighted by Gasteiger charge is 2.42. The van der Waals surface area contributed by atoms with E-state index in [0.29, 0.717) is 11.7 Å². The van der Waals surface area contributed by atoms with Gasteiger partial charge in [0.2, 0.25) is 0 Å². The molecule has 0 aromatic heterocycles. The number of likely N-dealkylation sites (tertiary alicyclic amines) is 1. The first-order chi connectivity index (χ1) is 5.70. The van der Waals surface area contributed by atoms with Gasteiger partial charge in [0.05, 0.1) is 6.04 Å². The molecule has 2 heteroatoms. The summed E-state index contributed by atoms with van der Waals surface area (Å²) in [6.45, 7) is 5.33. The number of nitrogens with zero attached hydrogens (tertiary/aromatic N) is 1. The monoisotopic (exact) mass is 167 g/mol. The molecule has 68 valence electrons. The van der Waals surface area contributed by atoms with Gasteiger partial charge in [-0.1, -0.05) is 13.8 Å². The fourth-order valence-corrected chi connectivity index (χ4v) is 2.28. The van der Waals surface area contributed by atoms with Crippen LogP contribution in [0.1, 0.15) is 33.1 Å². The average Bonchev–Trinajstić information content (AvgIpc) is 2.75. The summed E-state index contributed by atoms with van der Waals surface area (Å²) in [6, 6.07) is 1.00. The third kappa shape index (κ3) is 1.28. The van der Waals surface area contributed by atoms with Crippen molar-refractivity contribution in [3.05, 3.63) is 0 Å². The molecule has 1 aliphatic carbocycles. The van der Waals surface area contributed by atoms with Crippen LogP contribution < -0.4 is 0 Å². The number of hydrogen-bond donors (Lipinski definition) is 0. The van der Waals surface area contributed by atoms with Gasteiger partial charge in [0.15, 0.2) is 5.78 Å². The van der Waals surface area contributed by atoms with Crippen molar-refractivity contribution in [1.82, 2.24) is 4.90 Å². The molecule has 2 fully saturated rings. The first kappa shape index (κ1) is 8.24. The molecule has 1 heterocycles. The summed E-state index contributed by atoms with van der Waals surface area (Å²) in [5, 5.41) is 0. The van der Waals surface area contributed by atoms with Gasteiger partial charge in [-0.05, 0) is 18.8 Å². The summed E-state index contributed by atoms with van der Waals surface area (Å²) in [4.78, 5) is 13.9. The Morgan fingerprint density at radius 3 is 2.58 bits per heavy atom. The van der Waals surface area contributed by atoms with Gasteiger partial charge in [-0.25, -0.2) is 0 Å². The van der Waals surface area contributed by atoms with Crippen LogP contribution >= 0.6 is 0 Å². The maximum atomic E-state index is 11.5. The van der Waals surface area contributed by atoms with Crippen LogP contribution in [0.4, 0.5) is 0 Å². The molecule has 2 aliphatic rings. The Balaban J connectivity index is 2.07. The highest BCUT2D eigenvalue weighted by atomic mass is 16.1. The summed E-state index contributed by atoms with van der Waals surface area (Å²) in [6.07, 6.45) is 3.42. The lowest BCUT2D eigenvalue weighted by Gasteiger charge is -2.25. The first-order valence-electron chi connectivity index (χ1n) is 4.98. The molecule has 0 amide bonds. The molecule has 1 unspecified atom stereocenters. The quantitative estimate of drug-likeness (QED) is 0.620. The van der Waals surface area contributed by atoms with Crippen molar-refractivity contribution < 1.29 is 4.79 Å². The van der Waals surface area contributed by atoms with E-state index in [9.17, 15) is 4.79 Å². The van der Waals surface area contributed by atoms with Crippen LogP contribution in [0.25, 0.3) is 0 Å². The van der Waals surface area contributed by atoms with Crippen molar-refractivity contribution >= 4 is 5.78 Å². The van der Waals surface area contributed by atoms with E-state index in [4.69, 9.17) is 0 Å². The van der Waals surface area contributed by atoms with Crippen LogP contribution in [0.15, 0.2) is 0 Å². The van der Waals surface area contributed by atoms with E-state index >= 15 is 0 Å². The predicted molar refractivity (Wildman–Crippen MR) is 48.0 cm³/mol. The normalized spacial score (nSPS) is 31.9. The molecule has 1 atom stereocenters. The van der Waals surface area contributed by atoms with Crippen molar-refractivity contribution in [3.63, 3.8) is 0 Å². The van der Waals surface area contributed by atoms with Gasteiger partial charge in [0.1, 0.15) is 0 Å². The second kappa shape index (κ2) is 2.84. The Hall–Kier alpha value is -0.370. The van der Waals surface area contributed by atoms with Gasteiger partial charge < -0.3 is 0 Å². The van der Waals surface area contributed by atoms with Gasteiger partial charge in [0, 0.05) is 19.0 Å².